The summed E-state index contributed by atoms with van der Waals surface area (Å²) in [5.74, 6) is 0.966. The van der Waals surface area contributed by atoms with E-state index in [-0.39, 0.29) is 0 Å². The molecule has 0 aliphatic heterocycles. The van der Waals surface area contributed by atoms with Crippen molar-refractivity contribution >= 4 is 65.3 Å². The Kier molecular flexibility index (Phi) is 14.5. The molecule has 2 atom stereocenters. The van der Waals surface area contributed by atoms with Crippen LogP contribution in [0.2, 0.25) is 0 Å². The van der Waals surface area contributed by atoms with E-state index in [4.69, 9.17) is 0 Å². The van der Waals surface area contributed by atoms with Gasteiger partial charge in [0.05, 0.1) is 0 Å². The fourth-order valence-electron chi connectivity index (χ4n) is 12.1. The minimum Gasteiger partial charge on any atom is -0.311 e. The highest BCUT2D eigenvalue weighted by Gasteiger charge is 2.36. The maximum Gasteiger partial charge on any atom is 0.0462 e. The summed E-state index contributed by atoms with van der Waals surface area (Å²) in [6.45, 7) is 4.66. The van der Waals surface area contributed by atoms with Gasteiger partial charge >= 0.3 is 0 Å². The van der Waals surface area contributed by atoms with Crippen LogP contribution in [0.3, 0.4) is 0 Å². The van der Waals surface area contributed by atoms with Gasteiger partial charge in [0.2, 0.25) is 0 Å². The minimum absolute atomic E-state index is 0.469. The van der Waals surface area contributed by atoms with Gasteiger partial charge in [-0.3, -0.25) is 0 Å². The van der Waals surface area contributed by atoms with Crippen LogP contribution in [0.15, 0.2) is 211 Å². The van der Waals surface area contributed by atoms with E-state index in [1.165, 1.54) is 154 Å². The second-order valence-electron chi connectivity index (χ2n) is 20.3. The summed E-state index contributed by atoms with van der Waals surface area (Å²) >= 11 is 3.80. The molecule has 0 saturated carbocycles. The van der Waals surface area contributed by atoms with E-state index in [1.54, 1.807) is 11.1 Å². The monoisotopic (exact) mass is 999 g/mol. The summed E-state index contributed by atoms with van der Waals surface area (Å²) in [7, 11) is 0. The summed E-state index contributed by atoms with van der Waals surface area (Å²) in [4.78, 5) is 2.41. The van der Waals surface area contributed by atoms with E-state index in [9.17, 15) is 0 Å². The lowest BCUT2D eigenvalue weighted by molar-refractivity contribution is 0.432. The molecule has 0 saturated heterocycles. The first-order chi connectivity index (χ1) is 35.6. The van der Waals surface area contributed by atoms with Crippen molar-refractivity contribution < 1.29 is 0 Å². The Hall–Kier alpha value is -6.74. The van der Waals surface area contributed by atoms with Crippen molar-refractivity contribution in [2.45, 2.75) is 103 Å². The first-order valence-electron chi connectivity index (χ1n) is 27.0. The van der Waals surface area contributed by atoms with E-state index in [0.717, 1.165) is 21.5 Å². The minimum atomic E-state index is 0.469. The second-order valence-corrected chi connectivity index (χ2v) is 21.1. The zero-order chi connectivity index (χ0) is 48.8. The molecular formula is C70H66BrN. The van der Waals surface area contributed by atoms with Crippen LogP contribution >= 0.6 is 15.9 Å². The standard InChI is InChI=1S/C70H66BrN/c1-3-5-7-9-14-26-60-61(27-15-10-8-6-4-2)67-48-66(62-29-19-21-31-64(62)70(67)69-58-25-17-16-24-51(58)38-45-65(60)69)53-36-43-56(44-37-53)72(54-39-32-50(33-40-54)49-22-12-11-13-23-49)55-41-34-52(35-42-55)57-46-47-68(71)63-30-20-18-28-59(57)63/h11-13,16-25,28-48,60-61H,3-10,14-15,26-27H2,1-2H3. The van der Waals surface area contributed by atoms with E-state index >= 15 is 0 Å². The summed E-state index contributed by atoms with van der Waals surface area (Å²) in [6.07, 6.45) is 15.5. The molecule has 358 valence electrons. The lowest BCUT2D eigenvalue weighted by atomic mass is 9.65. The number of fused-ring (bicyclic) bond motifs is 8. The van der Waals surface area contributed by atoms with Gasteiger partial charge in [0.1, 0.15) is 0 Å². The fourth-order valence-corrected chi connectivity index (χ4v) is 12.6. The maximum absolute atomic E-state index is 3.80. The normalized spacial score (nSPS) is 14.2. The highest BCUT2D eigenvalue weighted by molar-refractivity contribution is 9.10. The van der Waals surface area contributed by atoms with Gasteiger partial charge in [0.25, 0.3) is 0 Å². The summed E-state index contributed by atoms with van der Waals surface area (Å²) in [5, 5.41) is 7.90. The Morgan fingerprint density at radius 3 is 1.42 bits per heavy atom. The molecule has 10 aromatic rings. The third kappa shape index (κ3) is 9.55. The molecule has 0 radical (unpaired) electrons. The Bertz CT molecular complexity index is 3440. The van der Waals surface area contributed by atoms with Crippen LogP contribution in [-0.2, 0) is 0 Å². The average molecular weight is 1000 g/mol. The first kappa shape index (κ1) is 47.6. The molecule has 0 N–H and O–H groups in total. The molecule has 1 aliphatic carbocycles. The van der Waals surface area contributed by atoms with Crippen LogP contribution in [-0.4, -0.2) is 0 Å². The molecule has 72 heavy (non-hydrogen) atoms. The molecule has 1 nitrogen and oxygen atoms in total. The number of unbranched alkanes of at least 4 members (excludes halogenated alkanes) is 8. The second kappa shape index (κ2) is 21.9. The average Bonchev–Trinajstić information content (AvgIpc) is 3.44. The van der Waals surface area contributed by atoms with Gasteiger partial charge in [0, 0.05) is 21.5 Å². The third-order valence-corrected chi connectivity index (χ3v) is 16.5. The lowest BCUT2D eigenvalue weighted by Crippen LogP contribution is -2.19. The molecule has 1 aliphatic rings. The fraction of sp³-hybridized carbons (Fsp3) is 0.229. The Labute approximate surface area is 436 Å². The van der Waals surface area contributed by atoms with E-state index in [0.29, 0.717) is 11.8 Å². The SMILES string of the molecule is CCCCCCCC1c2ccc3ccccc3c2-c2c(cc(-c3ccc(N(c4ccc(-c5ccccc5)cc4)c4ccc(-c5ccc(Br)c6ccccc56)cc4)cc3)c3ccccc23)C1CCCCCCC. The Balaban J connectivity index is 1.02. The first-order valence-corrected chi connectivity index (χ1v) is 27.8. The predicted octanol–water partition coefficient (Wildman–Crippen LogP) is 21.9. The quantitative estimate of drug-likeness (QED) is 0.0775. The van der Waals surface area contributed by atoms with Gasteiger partial charge in [-0.15, -0.1) is 0 Å². The Morgan fingerprint density at radius 1 is 0.347 bits per heavy atom. The van der Waals surface area contributed by atoms with Crippen LogP contribution in [0.25, 0.3) is 76.8 Å². The predicted molar refractivity (Wildman–Crippen MR) is 315 cm³/mol. The van der Waals surface area contributed by atoms with Crippen LogP contribution in [0, 0.1) is 0 Å². The van der Waals surface area contributed by atoms with E-state index in [2.05, 4.69) is 241 Å². The number of nitrogens with zero attached hydrogens (tertiary/aromatic N) is 1. The highest BCUT2D eigenvalue weighted by atomic mass is 79.9. The van der Waals surface area contributed by atoms with E-state index < -0.39 is 0 Å². The molecular weight excluding hydrogens is 935 g/mol. The van der Waals surface area contributed by atoms with Gasteiger partial charge < -0.3 is 4.90 Å². The molecule has 0 aromatic heterocycles. The highest BCUT2D eigenvalue weighted by Crippen LogP contribution is 2.56. The van der Waals surface area contributed by atoms with Crippen LogP contribution in [0.1, 0.15) is 114 Å². The number of benzene rings is 10. The summed E-state index contributed by atoms with van der Waals surface area (Å²) < 4.78 is 1.12. The largest absolute Gasteiger partial charge is 0.311 e. The maximum atomic E-state index is 3.80. The molecule has 0 bridgehead atoms. The van der Waals surface area contributed by atoms with Crippen molar-refractivity contribution in [1.82, 2.24) is 0 Å². The number of anilines is 3. The Morgan fingerprint density at radius 2 is 0.806 bits per heavy atom. The van der Waals surface area contributed by atoms with Crippen molar-refractivity contribution in [2.75, 3.05) is 4.90 Å². The van der Waals surface area contributed by atoms with Crippen molar-refractivity contribution in [3.05, 3.63) is 222 Å². The number of halogens is 1. The smallest absolute Gasteiger partial charge is 0.0462 e. The molecule has 10 aromatic carbocycles. The zero-order valence-corrected chi connectivity index (χ0v) is 43.7. The zero-order valence-electron chi connectivity index (χ0n) is 42.1. The van der Waals surface area contributed by atoms with Crippen molar-refractivity contribution in [3.8, 4) is 44.5 Å². The number of hydrogen-bond acceptors (Lipinski definition) is 1. The molecule has 2 heteroatoms. The van der Waals surface area contributed by atoms with Crippen LogP contribution in [0.5, 0.6) is 0 Å². The number of rotatable bonds is 18. The van der Waals surface area contributed by atoms with Gasteiger partial charge in [-0.2, -0.15) is 0 Å². The van der Waals surface area contributed by atoms with Crippen molar-refractivity contribution in [1.29, 1.82) is 0 Å². The van der Waals surface area contributed by atoms with Crippen LogP contribution in [0.4, 0.5) is 17.1 Å². The van der Waals surface area contributed by atoms with Crippen molar-refractivity contribution in [3.63, 3.8) is 0 Å². The van der Waals surface area contributed by atoms with Crippen molar-refractivity contribution in [2.24, 2.45) is 0 Å². The molecule has 11 rings (SSSR count). The van der Waals surface area contributed by atoms with Gasteiger partial charge in [-0.05, 0) is 161 Å². The summed E-state index contributed by atoms with van der Waals surface area (Å²) in [6, 6.07) is 77.4. The molecule has 2 unspecified atom stereocenters. The third-order valence-electron chi connectivity index (χ3n) is 15.8. The van der Waals surface area contributed by atoms with Gasteiger partial charge in [-0.25, -0.2) is 0 Å². The lowest BCUT2D eigenvalue weighted by Gasteiger charge is -2.38. The topological polar surface area (TPSA) is 3.24 Å². The molecule has 0 spiro atoms. The van der Waals surface area contributed by atoms with Crippen LogP contribution < -0.4 is 4.90 Å². The molecule has 0 heterocycles. The van der Waals surface area contributed by atoms with Gasteiger partial charge in [0.15, 0.2) is 0 Å². The summed E-state index contributed by atoms with van der Waals surface area (Å²) in [5.41, 5.74) is 16.9. The molecule has 0 fully saturated rings. The van der Waals surface area contributed by atoms with E-state index in [1.807, 2.05) is 0 Å². The molecule has 0 amide bonds. The number of hydrogen-bond donors (Lipinski definition) is 0. The van der Waals surface area contributed by atoms with Gasteiger partial charge in [-0.1, -0.05) is 252 Å².